The number of hydrogen-bond donors (Lipinski definition) is 2. The zero-order chi connectivity index (χ0) is 20.2. The minimum Gasteiger partial charge on any atom is -0.435 e. The van der Waals surface area contributed by atoms with E-state index in [1.165, 1.54) is 24.3 Å². The van der Waals surface area contributed by atoms with Gasteiger partial charge in [-0.1, -0.05) is 30.0 Å². The van der Waals surface area contributed by atoms with Crippen LogP contribution < -0.4 is 10.1 Å². The van der Waals surface area contributed by atoms with Crippen molar-refractivity contribution in [3.63, 3.8) is 0 Å². The fourth-order valence-electron chi connectivity index (χ4n) is 2.67. The van der Waals surface area contributed by atoms with Crippen LogP contribution in [0.2, 0.25) is 0 Å². The number of benzene rings is 2. The van der Waals surface area contributed by atoms with Crippen molar-refractivity contribution in [3.8, 4) is 17.2 Å². The topological polar surface area (TPSA) is 93.0 Å². The third kappa shape index (κ3) is 4.54. The van der Waals surface area contributed by atoms with Gasteiger partial charge in [-0.2, -0.15) is 8.78 Å². The monoisotopic (exact) mass is 416 g/mol. The van der Waals surface area contributed by atoms with Crippen molar-refractivity contribution in [2.24, 2.45) is 0 Å². The van der Waals surface area contributed by atoms with Crippen molar-refractivity contribution in [2.75, 3.05) is 11.1 Å². The van der Waals surface area contributed by atoms with Gasteiger partial charge in [-0.3, -0.25) is 4.79 Å². The van der Waals surface area contributed by atoms with Crippen LogP contribution in [0.1, 0.15) is 0 Å². The van der Waals surface area contributed by atoms with Crippen LogP contribution in [0.15, 0.2) is 64.4 Å². The van der Waals surface area contributed by atoms with E-state index < -0.39 is 6.61 Å². The first-order valence-electron chi connectivity index (χ1n) is 8.46. The molecule has 4 aromatic rings. The molecule has 10 heteroatoms. The van der Waals surface area contributed by atoms with E-state index in [1.54, 1.807) is 6.20 Å². The van der Waals surface area contributed by atoms with E-state index in [0.29, 0.717) is 11.6 Å². The Balaban J connectivity index is 1.34. The molecular weight excluding hydrogens is 402 g/mol. The summed E-state index contributed by atoms with van der Waals surface area (Å²) in [7, 11) is 0. The van der Waals surface area contributed by atoms with E-state index in [-0.39, 0.29) is 22.6 Å². The molecule has 0 saturated heterocycles. The minimum absolute atomic E-state index is 0.0167. The summed E-state index contributed by atoms with van der Waals surface area (Å²) in [4.78, 5) is 15.2. The van der Waals surface area contributed by atoms with Crippen LogP contribution in [0, 0.1) is 0 Å². The predicted octanol–water partition coefficient (Wildman–Crippen LogP) is 4.55. The van der Waals surface area contributed by atoms with E-state index in [0.717, 1.165) is 28.2 Å². The molecule has 4 rings (SSSR count). The van der Waals surface area contributed by atoms with Crippen LogP contribution in [0.25, 0.3) is 22.4 Å². The maximum Gasteiger partial charge on any atom is 0.387 e. The number of rotatable bonds is 7. The Bertz CT molecular complexity index is 1130. The van der Waals surface area contributed by atoms with Crippen molar-refractivity contribution >= 4 is 34.3 Å². The fraction of sp³-hybridized carbons (Fsp3) is 0.105. The van der Waals surface area contributed by atoms with Crippen molar-refractivity contribution in [3.05, 3.63) is 54.7 Å². The number of hydrogen-bond acceptors (Lipinski definition) is 6. The van der Waals surface area contributed by atoms with Crippen LogP contribution in [0.3, 0.4) is 0 Å². The molecule has 0 bridgehead atoms. The smallest absolute Gasteiger partial charge is 0.387 e. The first kappa shape index (κ1) is 18.9. The Morgan fingerprint density at radius 1 is 1.17 bits per heavy atom. The Kier molecular flexibility index (Phi) is 5.43. The molecule has 2 aromatic heterocycles. The number of para-hydroxylation sites is 1. The molecule has 2 heterocycles. The maximum absolute atomic E-state index is 12.1. The molecule has 0 radical (unpaired) electrons. The van der Waals surface area contributed by atoms with Gasteiger partial charge in [0.05, 0.1) is 11.3 Å². The zero-order valence-electron chi connectivity index (χ0n) is 14.8. The van der Waals surface area contributed by atoms with Crippen molar-refractivity contribution in [2.45, 2.75) is 11.8 Å². The normalized spacial score (nSPS) is 11.1. The van der Waals surface area contributed by atoms with Gasteiger partial charge in [-0.25, -0.2) is 0 Å². The summed E-state index contributed by atoms with van der Waals surface area (Å²) < 4.78 is 34.2. The van der Waals surface area contributed by atoms with Crippen molar-refractivity contribution < 1.29 is 22.7 Å². The summed E-state index contributed by atoms with van der Waals surface area (Å²) in [6.07, 6.45) is 1.79. The van der Waals surface area contributed by atoms with Gasteiger partial charge in [0.25, 0.3) is 11.1 Å². The Hall–Kier alpha value is -3.40. The van der Waals surface area contributed by atoms with Crippen LogP contribution in [-0.2, 0) is 4.79 Å². The highest BCUT2D eigenvalue weighted by molar-refractivity contribution is 7.99. The van der Waals surface area contributed by atoms with Gasteiger partial charge in [0, 0.05) is 22.8 Å². The number of amides is 1. The van der Waals surface area contributed by atoms with E-state index in [1.807, 2.05) is 24.3 Å². The number of aromatic amines is 1. The van der Waals surface area contributed by atoms with Crippen molar-refractivity contribution in [1.29, 1.82) is 0 Å². The lowest BCUT2D eigenvalue weighted by molar-refractivity contribution is -0.113. The molecular formula is C19H14F2N4O3S. The van der Waals surface area contributed by atoms with Gasteiger partial charge < -0.3 is 19.5 Å². The molecule has 2 aromatic carbocycles. The molecule has 29 heavy (non-hydrogen) atoms. The Labute approximate surface area is 167 Å². The number of alkyl halides is 2. The molecule has 2 N–H and O–H groups in total. The molecule has 0 unspecified atom stereocenters. The molecule has 0 aliphatic carbocycles. The summed E-state index contributed by atoms with van der Waals surface area (Å²) in [6, 6.07) is 13.4. The van der Waals surface area contributed by atoms with Gasteiger partial charge >= 0.3 is 6.61 Å². The number of halogens is 2. The molecule has 0 aliphatic heterocycles. The number of fused-ring (bicyclic) bond motifs is 1. The van der Waals surface area contributed by atoms with Gasteiger partial charge in [0.15, 0.2) is 0 Å². The van der Waals surface area contributed by atoms with Gasteiger partial charge in [-0.15, -0.1) is 10.2 Å². The third-order valence-electron chi connectivity index (χ3n) is 3.92. The summed E-state index contributed by atoms with van der Waals surface area (Å²) in [5.41, 5.74) is 2.21. The molecule has 0 aliphatic rings. The maximum atomic E-state index is 12.1. The van der Waals surface area contributed by atoms with Gasteiger partial charge in [0.2, 0.25) is 5.91 Å². The first-order chi connectivity index (χ1) is 14.1. The third-order valence-corrected chi connectivity index (χ3v) is 4.73. The number of nitrogens with one attached hydrogen (secondary N) is 2. The number of H-pyrrole nitrogens is 1. The number of aromatic nitrogens is 3. The lowest BCUT2D eigenvalue weighted by Crippen LogP contribution is -2.14. The summed E-state index contributed by atoms with van der Waals surface area (Å²) in [5.74, 6) is 0.123. The SMILES string of the molecule is O=C(CSc1nnc(-c2c[nH]c3ccccc23)o1)Nc1ccc(OC(F)F)cc1. The van der Waals surface area contributed by atoms with E-state index in [4.69, 9.17) is 4.42 Å². The summed E-state index contributed by atoms with van der Waals surface area (Å²) >= 11 is 1.10. The second kappa shape index (κ2) is 8.31. The average Bonchev–Trinajstić information content (AvgIpc) is 3.34. The van der Waals surface area contributed by atoms with Crippen LogP contribution >= 0.6 is 11.8 Å². The number of anilines is 1. The predicted molar refractivity (Wildman–Crippen MR) is 104 cm³/mol. The molecule has 0 saturated carbocycles. The molecule has 0 fully saturated rings. The van der Waals surface area contributed by atoms with E-state index >= 15 is 0 Å². The number of carbonyl (C=O) groups excluding carboxylic acids is 1. The quantitative estimate of drug-likeness (QED) is 0.430. The van der Waals surface area contributed by atoms with Crippen LogP contribution in [-0.4, -0.2) is 33.5 Å². The second-order valence-electron chi connectivity index (χ2n) is 5.86. The highest BCUT2D eigenvalue weighted by Crippen LogP contribution is 2.29. The number of thioether (sulfide) groups is 1. The highest BCUT2D eigenvalue weighted by Gasteiger charge is 2.14. The van der Waals surface area contributed by atoms with E-state index in [9.17, 15) is 13.6 Å². The lowest BCUT2D eigenvalue weighted by Gasteiger charge is -2.06. The fourth-order valence-corrected chi connectivity index (χ4v) is 3.23. The molecule has 0 spiro atoms. The van der Waals surface area contributed by atoms with Crippen LogP contribution in [0.5, 0.6) is 5.75 Å². The zero-order valence-corrected chi connectivity index (χ0v) is 15.6. The highest BCUT2D eigenvalue weighted by atomic mass is 32.2. The van der Waals surface area contributed by atoms with Gasteiger partial charge in [-0.05, 0) is 30.3 Å². The molecule has 148 valence electrons. The number of ether oxygens (including phenoxy) is 1. The number of carbonyl (C=O) groups is 1. The Morgan fingerprint density at radius 2 is 1.97 bits per heavy atom. The van der Waals surface area contributed by atoms with E-state index in [2.05, 4.69) is 25.2 Å². The summed E-state index contributed by atoms with van der Waals surface area (Å²) in [6.45, 7) is -2.89. The summed E-state index contributed by atoms with van der Waals surface area (Å²) in [5, 5.41) is 11.9. The van der Waals surface area contributed by atoms with Crippen LogP contribution in [0.4, 0.5) is 14.5 Å². The largest absolute Gasteiger partial charge is 0.435 e. The lowest BCUT2D eigenvalue weighted by atomic mass is 10.2. The first-order valence-corrected chi connectivity index (χ1v) is 9.44. The molecule has 1 amide bonds. The number of nitrogens with zero attached hydrogens (tertiary/aromatic N) is 2. The van der Waals surface area contributed by atoms with Crippen molar-refractivity contribution in [1.82, 2.24) is 15.2 Å². The Morgan fingerprint density at radius 3 is 2.76 bits per heavy atom. The molecule has 7 nitrogen and oxygen atoms in total. The average molecular weight is 416 g/mol. The molecule has 0 atom stereocenters. The standard InChI is InChI=1S/C19H14F2N4O3S/c20-18(21)27-12-7-5-11(6-8-12)23-16(26)10-29-19-25-24-17(28-19)14-9-22-15-4-2-1-3-13(14)15/h1-9,18,22H,10H2,(H,23,26). The second-order valence-corrected chi connectivity index (χ2v) is 6.79. The minimum atomic E-state index is -2.89. The van der Waals surface area contributed by atoms with Gasteiger partial charge in [0.1, 0.15) is 5.75 Å².